The van der Waals surface area contributed by atoms with E-state index >= 15 is 0 Å². The Bertz CT molecular complexity index is 230. The summed E-state index contributed by atoms with van der Waals surface area (Å²) in [6, 6.07) is -0.135. The van der Waals surface area contributed by atoms with Crippen molar-refractivity contribution in [2.45, 2.75) is 19.4 Å². The lowest BCUT2D eigenvalue weighted by atomic mass is 10.3. The van der Waals surface area contributed by atoms with Crippen molar-refractivity contribution >= 4 is 11.9 Å². The Balaban J connectivity index is 2.40. The molecular weight excluding hydrogens is 184 g/mol. The molecule has 0 aromatic rings. The van der Waals surface area contributed by atoms with Crippen molar-refractivity contribution in [2.24, 2.45) is 0 Å². The first-order valence-corrected chi connectivity index (χ1v) is 4.80. The van der Waals surface area contributed by atoms with Gasteiger partial charge in [0.1, 0.15) is 6.54 Å². The Kier molecular flexibility index (Phi) is 3.88. The largest absolute Gasteiger partial charge is 0.465 e. The number of carbonyl (C=O) groups excluding carboxylic acids is 2. The van der Waals surface area contributed by atoms with Crippen LogP contribution in [0, 0.1) is 0 Å². The van der Waals surface area contributed by atoms with Gasteiger partial charge in [0.2, 0.25) is 5.91 Å². The molecule has 0 unspecified atom stereocenters. The third-order valence-corrected chi connectivity index (χ3v) is 2.27. The van der Waals surface area contributed by atoms with Crippen LogP contribution in [0.4, 0.5) is 0 Å². The maximum atomic E-state index is 11.5. The molecule has 1 fully saturated rings. The van der Waals surface area contributed by atoms with E-state index in [4.69, 9.17) is 4.74 Å². The van der Waals surface area contributed by atoms with Crippen molar-refractivity contribution in [3.8, 4) is 0 Å². The maximum Gasteiger partial charge on any atom is 0.325 e. The molecule has 0 spiro atoms. The summed E-state index contributed by atoms with van der Waals surface area (Å²) in [6.45, 7) is 2.81. The summed E-state index contributed by atoms with van der Waals surface area (Å²) in [5, 5.41) is 2.91. The van der Waals surface area contributed by atoms with Gasteiger partial charge in [0.25, 0.3) is 0 Å². The zero-order chi connectivity index (χ0) is 10.6. The third kappa shape index (κ3) is 2.45. The predicted octanol–water partition coefficient (Wildman–Crippen LogP) is -0.630. The van der Waals surface area contributed by atoms with E-state index in [1.54, 1.807) is 14.0 Å². The predicted molar refractivity (Wildman–Crippen MR) is 50.7 cm³/mol. The summed E-state index contributed by atoms with van der Waals surface area (Å²) >= 11 is 0. The van der Waals surface area contributed by atoms with Crippen molar-refractivity contribution < 1.29 is 14.3 Å². The minimum absolute atomic E-state index is 0.0134. The zero-order valence-electron chi connectivity index (χ0n) is 8.58. The van der Waals surface area contributed by atoms with Crippen LogP contribution in [0.5, 0.6) is 0 Å². The molecule has 5 heteroatoms. The van der Waals surface area contributed by atoms with Gasteiger partial charge in [-0.05, 0) is 20.4 Å². The van der Waals surface area contributed by atoms with Crippen LogP contribution in [0.15, 0.2) is 0 Å². The minimum atomic E-state index is -0.336. The van der Waals surface area contributed by atoms with Gasteiger partial charge in [-0.2, -0.15) is 0 Å². The minimum Gasteiger partial charge on any atom is -0.465 e. The van der Waals surface area contributed by atoms with Gasteiger partial charge >= 0.3 is 5.97 Å². The van der Waals surface area contributed by atoms with Crippen LogP contribution in [0.2, 0.25) is 0 Å². The molecule has 1 aliphatic rings. The van der Waals surface area contributed by atoms with Crippen LogP contribution in [-0.4, -0.2) is 49.6 Å². The summed E-state index contributed by atoms with van der Waals surface area (Å²) in [6.07, 6.45) is 0.759. The van der Waals surface area contributed by atoms with E-state index in [-0.39, 0.29) is 24.5 Å². The standard InChI is InChI=1S/C9H16N2O3/c1-3-14-8(12)6-11-5-4-7(10-2)9(11)13/h7,10H,3-6H2,1-2H3/t7-/m0/s1. The smallest absolute Gasteiger partial charge is 0.325 e. The molecule has 1 saturated heterocycles. The molecule has 1 rings (SSSR count). The van der Waals surface area contributed by atoms with Gasteiger partial charge in [-0.15, -0.1) is 0 Å². The monoisotopic (exact) mass is 200 g/mol. The summed E-state index contributed by atoms with van der Waals surface area (Å²) in [5.41, 5.74) is 0. The second-order valence-corrected chi connectivity index (χ2v) is 3.19. The molecule has 0 aromatic heterocycles. The fourth-order valence-corrected chi connectivity index (χ4v) is 1.53. The lowest BCUT2D eigenvalue weighted by Gasteiger charge is -2.14. The number of carbonyl (C=O) groups is 2. The lowest BCUT2D eigenvalue weighted by molar-refractivity contribution is -0.147. The van der Waals surface area contributed by atoms with Crippen molar-refractivity contribution in [3.05, 3.63) is 0 Å². The quantitative estimate of drug-likeness (QED) is 0.614. The molecule has 0 aliphatic carbocycles. The molecule has 1 amide bonds. The number of likely N-dealkylation sites (tertiary alicyclic amines) is 1. The highest BCUT2D eigenvalue weighted by Gasteiger charge is 2.31. The first kappa shape index (κ1) is 11.0. The van der Waals surface area contributed by atoms with Gasteiger partial charge in [0.05, 0.1) is 12.6 Å². The summed E-state index contributed by atoms with van der Waals surface area (Å²) < 4.78 is 4.77. The molecule has 0 radical (unpaired) electrons. The van der Waals surface area contributed by atoms with Gasteiger partial charge < -0.3 is 15.0 Å². The number of ether oxygens (including phenoxy) is 1. The topological polar surface area (TPSA) is 58.6 Å². The molecule has 1 aliphatic heterocycles. The first-order valence-electron chi connectivity index (χ1n) is 4.80. The fourth-order valence-electron chi connectivity index (χ4n) is 1.53. The summed E-state index contributed by atoms with van der Waals surface area (Å²) in [7, 11) is 1.75. The van der Waals surface area contributed by atoms with Crippen molar-refractivity contribution in [1.82, 2.24) is 10.2 Å². The van der Waals surface area contributed by atoms with E-state index in [9.17, 15) is 9.59 Å². The van der Waals surface area contributed by atoms with Crippen LogP contribution in [0.1, 0.15) is 13.3 Å². The van der Waals surface area contributed by atoms with E-state index < -0.39 is 0 Å². The third-order valence-electron chi connectivity index (χ3n) is 2.27. The molecule has 5 nitrogen and oxygen atoms in total. The van der Waals surface area contributed by atoms with E-state index in [0.29, 0.717) is 13.2 Å². The number of nitrogens with zero attached hydrogens (tertiary/aromatic N) is 1. The first-order chi connectivity index (χ1) is 6.69. The molecule has 1 atom stereocenters. The molecule has 1 heterocycles. The summed E-state index contributed by atoms with van der Waals surface area (Å²) in [4.78, 5) is 24.2. The van der Waals surface area contributed by atoms with Crippen LogP contribution < -0.4 is 5.32 Å². The van der Waals surface area contributed by atoms with E-state index in [1.165, 1.54) is 4.90 Å². The highest BCUT2D eigenvalue weighted by atomic mass is 16.5. The van der Waals surface area contributed by atoms with Crippen LogP contribution >= 0.6 is 0 Å². The van der Waals surface area contributed by atoms with Gasteiger partial charge in [0.15, 0.2) is 0 Å². The highest BCUT2D eigenvalue weighted by Crippen LogP contribution is 2.10. The highest BCUT2D eigenvalue weighted by molar-refractivity contribution is 5.87. The number of amides is 1. The van der Waals surface area contributed by atoms with E-state index in [2.05, 4.69) is 5.32 Å². The molecular formula is C9H16N2O3. The Labute approximate surface area is 83.4 Å². The molecule has 14 heavy (non-hydrogen) atoms. The fraction of sp³-hybridized carbons (Fsp3) is 0.778. The number of likely N-dealkylation sites (N-methyl/N-ethyl adjacent to an activating group) is 1. The normalized spacial score (nSPS) is 21.4. The van der Waals surface area contributed by atoms with E-state index in [1.807, 2.05) is 0 Å². The van der Waals surface area contributed by atoms with Crippen molar-refractivity contribution in [1.29, 1.82) is 0 Å². The number of hydrogen-bond donors (Lipinski definition) is 1. The second-order valence-electron chi connectivity index (χ2n) is 3.19. The average molecular weight is 200 g/mol. The van der Waals surface area contributed by atoms with Crippen molar-refractivity contribution in [3.63, 3.8) is 0 Å². The Hall–Kier alpha value is -1.10. The zero-order valence-corrected chi connectivity index (χ0v) is 8.58. The number of hydrogen-bond acceptors (Lipinski definition) is 4. The Morgan fingerprint density at radius 2 is 2.43 bits per heavy atom. The van der Waals surface area contributed by atoms with Crippen LogP contribution in [-0.2, 0) is 14.3 Å². The number of esters is 1. The average Bonchev–Trinajstić information content (AvgIpc) is 2.48. The molecule has 0 aromatic carbocycles. The van der Waals surface area contributed by atoms with Crippen LogP contribution in [0.25, 0.3) is 0 Å². The maximum absolute atomic E-state index is 11.5. The second kappa shape index (κ2) is 4.95. The van der Waals surface area contributed by atoms with Gasteiger partial charge in [-0.3, -0.25) is 9.59 Å². The number of rotatable bonds is 4. The SMILES string of the molecule is CCOC(=O)CN1CC[C@H](NC)C1=O. The number of nitrogens with one attached hydrogen (secondary N) is 1. The van der Waals surface area contributed by atoms with Gasteiger partial charge in [0, 0.05) is 6.54 Å². The lowest BCUT2D eigenvalue weighted by Crippen LogP contribution is -2.39. The van der Waals surface area contributed by atoms with Crippen LogP contribution in [0.3, 0.4) is 0 Å². The Morgan fingerprint density at radius 3 is 2.93 bits per heavy atom. The molecule has 0 bridgehead atoms. The summed E-state index contributed by atoms with van der Waals surface area (Å²) in [5.74, 6) is -0.349. The molecule has 0 saturated carbocycles. The Morgan fingerprint density at radius 1 is 1.71 bits per heavy atom. The van der Waals surface area contributed by atoms with E-state index in [0.717, 1.165) is 6.42 Å². The van der Waals surface area contributed by atoms with Crippen molar-refractivity contribution in [2.75, 3.05) is 26.7 Å². The van der Waals surface area contributed by atoms with Gasteiger partial charge in [-0.1, -0.05) is 0 Å². The van der Waals surface area contributed by atoms with Gasteiger partial charge in [-0.25, -0.2) is 0 Å². The molecule has 1 N–H and O–H groups in total. The molecule has 80 valence electrons.